The van der Waals surface area contributed by atoms with Crippen molar-refractivity contribution < 1.29 is 9.72 Å². The highest BCUT2D eigenvalue weighted by molar-refractivity contribution is 5.92. The molecule has 0 aromatic heterocycles. The van der Waals surface area contributed by atoms with Crippen molar-refractivity contribution in [1.82, 2.24) is 4.90 Å². The van der Waals surface area contributed by atoms with Crippen molar-refractivity contribution in [2.24, 2.45) is 0 Å². The molecule has 1 fully saturated rings. The Hall–Kier alpha value is -3.15. The lowest BCUT2D eigenvalue weighted by Crippen LogP contribution is -2.48. The van der Waals surface area contributed by atoms with E-state index in [4.69, 9.17) is 0 Å². The molecule has 0 atom stereocenters. The lowest BCUT2D eigenvalue weighted by molar-refractivity contribution is -0.385. The third kappa shape index (κ3) is 4.03. The van der Waals surface area contributed by atoms with Gasteiger partial charge in [-0.2, -0.15) is 0 Å². The van der Waals surface area contributed by atoms with E-state index in [1.807, 2.05) is 18.2 Å². The Bertz CT molecular complexity index is 782. The van der Waals surface area contributed by atoms with Gasteiger partial charge in [-0.1, -0.05) is 30.3 Å². The smallest absolute Gasteiger partial charge is 0.276 e. The third-order valence-corrected chi connectivity index (χ3v) is 4.25. The number of hydrogen-bond acceptors (Lipinski definition) is 4. The molecular weight excluding hydrogens is 318 g/mol. The van der Waals surface area contributed by atoms with Crippen molar-refractivity contribution in [2.45, 2.75) is 0 Å². The van der Waals surface area contributed by atoms with Crippen molar-refractivity contribution in [1.29, 1.82) is 0 Å². The van der Waals surface area contributed by atoms with Crippen LogP contribution in [0.15, 0.2) is 60.7 Å². The molecule has 3 rings (SSSR count). The number of piperazine rings is 1. The highest BCUT2D eigenvalue weighted by Crippen LogP contribution is 2.19. The molecule has 1 amide bonds. The second-order valence-corrected chi connectivity index (χ2v) is 5.80. The maximum Gasteiger partial charge on any atom is 0.276 e. The normalized spacial score (nSPS) is 14.7. The number of amides is 1. The molecule has 25 heavy (non-hydrogen) atoms. The van der Waals surface area contributed by atoms with Gasteiger partial charge < -0.3 is 9.80 Å². The molecule has 6 nitrogen and oxygen atoms in total. The number of rotatable bonds is 4. The van der Waals surface area contributed by atoms with Gasteiger partial charge in [0.2, 0.25) is 5.91 Å². The summed E-state index contributed by atoms with van der Waals surface area (Å²) in [6, 6.07) is 16.5. The number of nitrogens with zero attached hydrogens (tertiary/aromatic N) is 3. The molecule has 0 unspecified atom stereocenters. The first-order valence-electron chi connectivity index (χ1n) is 8.15. The van der Waals surface area contributed by atoms with Gasteiger partial charge in [0.15, 0.2) is 0 Å². The van der Waals surface area contributed by atoms with Crippen molar-refractivity contribution in [2.75, 3.05) is 31.1 Å². The zero-order chi connectivity index (χ0) is 17.6. The third-order valence-electron chi connectivity index (χ3n) is 4.25. The van der Waals surface area contributed by atoms with Crippen molar-refractivity contribution in [3.8, 4) is 0 Å². The number of carbonyl (C=O) groups is 1. The number of nitro benzene ring substituents is 1. The van der Waals surface area contributed by atoms with Gasteiger partial charge in [-0.25, -0.2) is 0 Å². The van der Waals surface area contributed by atoms with Crippen LogP contribution >= 0.6 is 0 Å². The first-order chi connectivity index (χ1) is 12.1. The van der Waals surface area contributed by atoms with E-state index in [0.717, 1.165) is 18.8 Å². The van der Waals surface area contributed by atoms with Crippen LogP contribution in [-0.4, -0.2) is 41.9 Å². The van der Waals surface area contributed by atoms with Gasteiger partial charge in [0, 0.05) is 44.0 Å². The highest BCUT2D eigenvalue weighted by Gasteiger charge is 2.20. The van der Waals surface area contributed by atoms with E-state index in [1.54, 1.807) is 23.1 Å². The average molecular weight is 337 g/mol. The molecular formula is C19H19N3O3. The van der Waals surface area contributed by atoms with E-state index in [1.165, 1.54) is 18.2 Å². The second-order valence-electron chi connectivity index (χ2n) is 5.80. The molecule has 0 spiro atoms. The van der Waals surface area contributed by atoms with E-state index >= 15 is 0 Å². The Morgan fingerprint density at radius 1 is 0.960 bits per heavy atom. The first-order valence-corrected chi connectivity index (χ1v) is 8.15. The minimum absolute atomic E-state index is 0.000414. The summed E-state index contributed by atoms with van der Waals surface area (Å²) < 4.78 is 0. The molecule has 2 aromatic carbocycles. The topological polar surface area (TPSA) is 66.7 Å². The highest BCUT2D eigenvalue weighted by atomic mass is 16.6. The number of para-hydroxylation sites is 2. The largest absolute Gasteiger partial charge is 0.368 e. The molecule has 0 radical (unpaired) electrons. The average Bonchev–Trinajstić information content (AvgIpc) is 2.67. The van der Waals surface area contributed by atoms with E-state index in [2.05, 4.69) is 17.0 Å². The number of nitro groups is 1. The SMILES string of the molecule is O=C(/C=C/c1ccccc1[N+](=O)[O-])N1CCN(c2ccccc2)CC1. The molecule has 1 aliphatic rings. The van der Waals surface area contributed by atoms with Gasteiger partial charge in [0.05, 0.1) is 10.5 Å². The second kappa shape index (κ2) is 7.61. The fourth-order valence-electron chi connectivity index (χ4n) is 2.89. The van der Waals surface area contributed by atoms with Crippen LogP contribution in [0.25, 0.3) is 6.08 Å². The summed E-state index contributed by atoms with van der Waals surface area (Å²) in [5, 5.41) is 11.0. The Labute approximate surface area is 146 Å². The van der Waals surface area contributed by atoms with Crippen LogP contribution in [0.1, 0.15) is 5.56 Å². The van der Waals surface area contributed by atoms with Gasteiger partial charge in [-0.15, -0.1) is 0 Å². The summed E-state index contributed by atoms with van der Waals surface area (Å²) in [5.74, 6) is -0.120. The lowest BCUT2D eigenvalue weighted by atomic mass is 10.1. The fraction of sp³-hybridized carbons (Fsp3) is 0.211. The maximum atomic E-state index is 12.3. The molecule has 2 aromatic rings. The van der Waals surface area contributed by atoms with Crippen LogP contribution in [-0.2, 0) is 4.79 Å². The monoisotopic (exact) mass is 337 g/mol. The Balaban J connectivity index is 1.61. The molecule has 128 valence electrons. The molecule has 1 aliphatic heterocycles. The molecule has 0 aliphatic carbocycles. The standard InChI is InChI=1S/C19H19N3O3/c23-19(11-10-16-6-4-5-9-18(16)22(24)25)21-14-12-20(13-15-21)17-7-2-1-3-8-17/h1-11H,12-15H2/b11-10+. The zero-order valence-corrected chi connectivity index (χ0v) is 13.7. The van der Waals surface area contributed by atoms with E-state index < -0.39 is 4.92 Å². The summed E-state index contributed by atoms with van der Waals surface area (Å²) in [6.07, 6.45) is 2.94. The van der Waals surface area contributed by atoms with Gasteiger partial charge in [0.25, 0.3) is 5.69 Å². The number of carbonyl (C=O) groups excluding carboxylic acids is 1. The molecule has 6 heteroatoms. The lowest BCUT2D eigenvalue weighted by Gasteiger charge is -2.35. The fourth-order valence-corrected chi connectivity index (χ4v) is 2.89. The summed E-state index contributed by atoms with van der Waals surface area (Å²) in [4.78, 5) is 26.9. The van der Waals surface area contributed by atoms with Crippen LogP contribution in [0.5, 0.6) is 0 Å². The van der Waals surface area contributed by atoms with Gasteiger partial charge in [-0.05, 0) is 24.3 Å². The van der Waals surface area contributed by atoms with Crippen molar-refractivity contribution in [3.63, 3.8) is 0 Å². The van der Waals surface area contributed by atoms with Crippen molar-refractivity contribution in [3.05, 3.63) is 76.4 Å². The van der Waals surface area contributed by atoms with Crippen LogP contribution in [0.3, 0.4) is 0 Å². The quantitative estimate of drug-likeness (QED) is 0.489. The maximum absolute atomic E-state index is 12.3. The van der Waals surface area contributed by atoms with Crippen LogP contribution in [0.4, 0.5) is 11.4 Å². The summed E-state index contributed by atoms with van der Waals surface area (Å²) >= 11 is 0. The van der Waals surface area contributed by atoms with Gasteiger partial charge >= 0.3 is 0 Å². The van der Waals surface area contributed by atoms with Crippen LogP contribution in [0, 0.1) is 10.1 Å². The predicted octanol–water partition coefficient (Wildman–Crippen LogP) is 2.96. The van der Waals surface area contributed by atoms with Gasteiger partial charge in [0.1, 0.15) is 0 Å². The Morgan fingerprint density at radius 3 is 2.28 bits per heavy atom. The molecule has 0 N–H and O–H groups in total. The zero-order valence-electron chi connectivity index (χ0n) is 13.7. The Morgan fingerprint density at radius 2 is 1.60 bits per heavy atom. The molecule has 0 saturated carbocycles. The predicted molar refractivity (Wildman–Crippen MR) is 97.4 cm³/mol. The summed E-state index contributed by atoms with van der Waals surface area (Å²) in [5.41, 5.74) is 1.59. The van der Waals surface area contributed by atoms with E-state index in [-0.39, 0.29) is 11.6 Å². The molecule has 1 saturated heterocycles. The summed E-state index contributed by atoms with van der Waals surface area (Å²) in [6.45, 7) is 2.81. The molecule has 1 heterocycles. The molecule has 0 bridgehead atoms. The van der Waals surface area contributed by atoms with Crippen LogP contribution < -0.4 is 4.90 Å². The Kier molecular flexibility index (Phi) is 5.09. The van der Waals surface area contributed by atoms with E-state index in [0.29, 0.717) is 18.7 Å². The van der Waals surface area contributed by atoms with Crippen molar-refractivity contribution >= 4 is 23.4 Å². The summed E-state index contributed by atoms with van der Waals surface area (Å²) in [7, 11) is 0. The first kappa shape index (κ1) is 16.7. The minimum Gasteiger partial charge on any atom is -0.368 e. The number of anilines is 1. The van der Waals surface area contributed by atoms with Gasteiger partial charge in [-0.3, -0.25) is 14.9 Å². The number of benzene rings is 2. The minimum atomic E-state index is -0.442. The van der Waals surface area contributed by atoms with Crippen LogP contribution in [0.2, 0.25) is 0 Å². The van der Waals surface area contributed by atoms with E-state index in [9.17, 15) is 14.9 Å². The number of hydrogen-bond donors (Lipinski definition) is 0.